The van der Waals surface area contributed by atoms with E-state index in [2.05, 4.69) is 24.4 Å². The van der Waals surface area contributed by atoms with Gasteiger partial charge in [-0.1, -0.05) is 19.1 Å². The minimum absolute atomic E-state index is 0.00459. The Morgan fingerprint density at radius 2 is 2.03 bits per heavy atom. The molecule has 2 saturated heterocycles. The van der Waals surface area contributed by atoms with Crippen LogP contribution in [0.5, 0.6) is 5.75 Å². The van der Waals surface area contributed by atoms with Crippen molar-refractivity contribution in [2.75, 3.05) is 26.8 Å². The molecule has 1 aromatic carbocycles. The number of carbonyl (C=O) groups is 1. The van der Waals surface area contributed by atoms with E-state index in [0.717, 1.165) is 38.2 Å². The Hall–Kier alpha value is -1.59. The fraction of sp³-hybridized carbons (Fsp3) is 0.708. The normalized spacial score (nSPS) is 40.3. The fourth-order valence-corrected chi connectivity index (χ4v) is 6.47. The lowest BCUT2D eigenvalue weighted by Crippen LogP contribution is -2.51. The highest BCUT2D eigenvalue weighted by Crippen LogP contribution is 2.62. The van der Waals surface area contributed by atoms with Crippen molar-refractivity contribution in [1.82, 2.24) is 5.32 Å². The summed E-state index contributed by atoms with van der Waals surface area (Å²) in [5, 5.41) is 3.52. The maximum absolute atomic E-state index is 12.7. The highest BCUT2D eigenvalue weighted by atomic mass is 16.6. The first kappa shape index (κ1) is 19.4. The average molecular weight is 400 g/mol. The molecular weight excluding hydrogens is 366 g/mol. The van der Waals surface area contributed by atoms with E-state index < -0.39 is 0 Å². The summed E-state index contributed by atoms with van der Waals surface area (Å²) in [6.07, 6.45) is 6.83. The first-order chi connectivity index (χ1) is 14.0. The molecule has 158 valence electrons. The van der Waals surface area contributed by atoms with E-state index in [9.17, 15) is 4.79 Å². The third-order valence-corrected chi connectivity index (χ3v) is 8.19. The van der Waals surface area contributed by atoms with E-state index >= 15 is 0 Å². The molecule has 29 heavy (non-hydrogen) atoms. The minimum atomic E-state index is -0.0156. The van der Waals surface area contributed by atoms with Crippen molar-refractivity contribution in [3.8, 4) is 5.75 Å². The zero-order valence-corrected chi connectivity index (χ0v) is 17.6. The van der Waals surface area contributed by atoms with Gasteiger partial charge in [0.25, 0.3) is 0 Å². The van der Waals surface area contributed by atoms with E-state index in [1.165, 1.54) is 24.8 Å². The zero-order valence-electron chi connectivity index (χ0n) is 17.6. The number of esters is 1. The van der Waals surface area contributed by atoms with Crippen molar-refractivity contribution in [3.63, 3.8) is 0 Å². The molecule has 4 fully saturated rings. The van der Waals surface area contributed by atoms with Crippen LogP contribution in [0.3, 0.4) is 0 Å². The molecule has 1 aromatic rings. The van der Waals surface area contributed by atoms with E-state index in [0.29, 0.717) is 18.4 Å². The second-order valence-electron chi connectivity index (χ2n) is 9.90. The summed E-state index contributed by atoms with van der Waals surface area (Å²) in [6.45, 7) is 4.91. The Balaban J connectivity index is 1.18. The van der Waals surface area contributed by atoms with E-state index in [4.69, 9.17) is 14.2 Å². The summed E-state index contributed by atoms with van der Waals surface area (Å²) < 4.78 is 17.1. The van der Waals surface area contributed by atoms with E-state index in [1.54, 1.807) is 7.11 Å². The van der Waals surface area contributed by atoms with Gasteiger partial charge in [-0.15, -0.1) is 0 Å². The monoisotopic (exact) mass is 399 g/mol. The number of benzene rings is 1. The third kappa shape index (κ3) is 3.46. The number of rotatable bonds is 6. The molecule has 0 radical (unpaired) electrons. The summed E-state index contributed by atoms with van der Waals surface area (Å²) in [5.74, 6) is 1.79. The molecular formula is C24H33NO4. The Morgan fingerprint density at radius 1 is 1.24 bits per heavy atom. The molecule has 2 aliphatic heterocycles. The molecule has 1 spiro atoms. The number of epoxide rings is 1. The first-order valence-corrected chi connectivity index (χ1v) is 11.2. The van der Waals surface area contributed by atoms with Crippen LogP contribution in [0.1, 0.15) is 44.6 Å². The molecule has 6 atom stereocenters. The van der Waals surface area contributed by atoms with Crippen molar-refractivity contribution in [2.24, 2.45) is 23.2 Å². The summed E-state index contributed by atoms with van der Waals surface area (Å²) in [4.78, 5) is 12.7. The zero-order chi connectivity index (χ0) is 20.1. The molecule has 5 rings (SSSR count). The van der Waals surface area contributed by atoms with Crippen LogP contribution in [0.4, 0.5) is 0 Å². The number of hydrogen-bond donors (Lipinski definition) is 1. The predicted molar refractivity (Wildman–Crippen MR) is 110 cm³/mol. The number of methoxy groups -OCH3 is 1. The minimum Gasteiger partial charge on any atom is -0.497 e. The fourth-order valence-electron chi connectivity index (χ4n) is 6.47. The lowest BCUT2D eigenvalue weighted by atomic mass is 9.53. The van der Waals surface area contributed by atoms with Crippen LogP contribution in [-0.2, 0) is 20.7 Å². The standard InChI is InChI=1S/C24H33NO4/c1-23-9-3-10-24(15-28-24)21(23)12-18-19(22(26)29-20(18)13-23)14-25-11-8-16-4-6-17(27-2)7-5-16/h4-7,18-21,25H,3,8-15H2,1-2H3/t18-,19+,20-,21+,23-,24+/m1/s1. The summed E-state index contributed by atoms with van der Waals surface area (Å²) in [5.41, 5.74) is 1.66. The molecule has 0 unspecified atom stereocenters. The highest BCUT2D eigenvalue weighted by Gasteiger charge is 2.64. The largest absolute Gasteiger partial charge is 0.497 e. The van der Waals surface area contributed by atoms with Crippen LogP contribution in [0, 0.1) is 23.2 Å². The second-order valence-corrected chi connectivity index (χ2v) is 9.90. The molecule has 0 bridgehead atoms. The van der Waals surface area contributed by atoms with Gasteiger partial charge < -0.3 is 19.5 Å². The van der Waals surface area contributed by atoms with Crippen LogP contribution in [0.25, 0.3) is 0 Å². The quantitative estimate of drug-likeness (QED) is 0.452. The lowest BCUT2D eigenvalue weighted by molar-refractivity contribution is -0.147. The summed E-state index contributed by atoms with van der Waals surface area (Å²) in [6, 6.07) is 8.18. The highest BCUT2D eigenvalue weighted by molar-refractivity contribution is 5.75. The SMILES string of the molecule is COc1ccc(CCNC[C@@H]2C(=O)O[C@@H]3C[C@@]4(C)CCC[C@]5(CO5)[C@H]4C[C@H]23)cc1. The maximum Gasteiger partial charge on any atom is 0.310 e. The van der Waals surface area contributed by atoms with Gasteiger partial charge in [-0.05, 0) is 74.1 Å². The molecule has 4 aliphatic rings. The van der Waals surface area contributed by atoms with Gasteiger partial charge in [0.2, 0.25) is 0 Å². The topological polar surface area (TPSA) is 60.1 Å². The summed E-state index contributed by atoms with van der Waals surface area (Å²) >= 11 is 0. The summed E-state index contributed by atoms with van der Waals surface area (Å²) in [7, 11) is 1.68. The van der Waals surface area contributed by atoms with Gasteiger partial charge in [0.05, 0.1) is 25.2 Å². The number of fused-ring (bicyclic) bond motifs is 3. The number of hydrogen-bond acceptors (Lipinski definition) is 5. The van der Waals surface area contributed by atoms with Crippen molar-refractivity contribution in [3.05, 3.63) is 29.8 Å². The number of nitrogens with one attached hydrogen (secondary N) is 1. The Labute approximate surface area is 173 Å². The second kappa shape index (κ2) is 7.28. The van der Waals surface area contributed by atoms with Crippen molar-refractivity contribution in [1.29, 1.82) is 0 Å². The van der Waals surface area contributed by atoms with Crippen molar-refractivity contribution < 1.29 is 19.0 Å². The van der Waals surface area contributed by atoms with Gasteiger partial charge in [-0.25, -0.2) is 0 Å². The maximum atomic E-state index is 12.7. The van der Waals surface area contributed by atoms with Gasteiger partial charge >= 0.3 is 5.97 Å². The molecule has 2 saturated carbocycles. The molecule has 1 N–H and O–H groups in total. The van der Waals surface area contributed by atoms with Crippen LogP contribution in [0.15, 0.2) is 24.3 Å². The number of ether oxygens (including phenoxy) is 3. The molecule has 2 heterocycles. The lowest BCUT2D eigenvalue weighted by Gasteiger charge is -2.51. The van der Waals surface area contributed by atoms with Gasteiger partial charge in [-0.3, -0.25) is 4.79 Å². The Bertz CT molecular complexity index is 759. The molecule has 0 aromatic heterocycles. The molecule has 0 amide bonds. The van der Waals surface area contributed by atoms with E-state index in [-0.39, 0.29) is 29.0 Å². The van der Waals surface area contributed by atoms with Crippen LogP contribution < -0.4 is 10.1 Å². The Morgan fingerprint density at radius 3 is 2.76 bits per heavy atom. The van der Waals surface area contributed by atoms with Gasteiger partial charge in [0, 0.05) is 12.5 Å². The smallest absolute Gasteiger partial charge is 0.310 e. The van der Waals surface area contributed by atoms with Crippen LogP contribution >= 0.6 is 0 Å². The average Bonchev–Trinajstić information content (AvgIpc) is 3.41. The van der Waals surface area contributed by atoms with E-state index in [1.807, 2.05) is 12.1 Å². The van der Waals surface area contributed by atoms with Crippen LogP contribution in [-0.4, -0.2) is 44.5 Å². The number of carbonyl (C=O) groups excluding carboxylic acids is 1. The molecule has 2 aliphatic carbocycles. The van der Waals surface area contributed by atoms with Crippen LogP contribution in [0.2, 0.25) is 0 Å². The Kier molecular flexibility index (Phi) is 4.86. The third-order valence-electron chi connectivity index (χ3n) is 8.19. The predicted octanol–water partition coefficient (Wildman–Crippen LogP) is 3.35. The van der Waals surface area contributed by atoms with Gasteiger partial charge in [0.1, 0.15) is 11.9 Å². The molecule has 5 nitrogen and oxygen atoms in total. The van der Waals surface area contributed by atoms with Crippen molar-refractivity contribution in [2.45, 2.75) is 57.2 Å². The van der Waals surface area contributed by atoms with Crippen molar-refractivity contribution >= 4 is 5.97 Å². The van der Waals surface area contributed by atoms with Gasteiger partial charge in [0.15, 0.2) is 0 Å². The first-order valence-electron chi connectivity index (χ1n) is 11.2. The van der Waals surface area contributed by atoms with Gasteiger partial charge in [-0.2, -0.15) is 0 Å². The molecule has 5 heteroatoms.